The molecule has 0 unspecified atom stereocenters. The molecular weight excluding hydrogens is 292 g/mol. The highest BCUT2D eigenvalue weighted by atomic mass is 35.5. The number of nitrogens with one attached hydrogen (secondary N) is 2. The molecule has 2 aliphatic rings. The summed E-state index contributed by atoms with van der Waals surface area (Å²) in [6.45, 7) is 6.05. The van der Waals surface area contributed by atoms with Gasteiger partial charge in [0.25, 0.3) is 5.91 Å². The second kappa shape index (κ2) is 7.77. The van der Waals surface area contributed by atoms with Gasteiger partial charge in [-0.3, -0.25) is 4.79 Å². The van der Waals surface area contributed by atoms with Gasteiger partial charge in [-0.05, 0) is 25.8 Å². The molecule has 1 aromatic heterocycles. The summed E-state index contributed by atoms with van der Waals surface area (Å²) in [6, 6.07) is 1.78. The lowest BCUT2D eigenvalue weighted by Crippen LogP contribution is -2.44. The van der Waals surface area contributed by atoms with Crippen LogP contribution in [0.1, 0.15) is 41.4 Å². The molecular formula is C14H23ClN4O2. The van der Waals surface area contributed by atoms with Crippen molar-refractivity contribution in [2.24, 2.45) is 0 Å². The molecule has 1 aliphatic heterocycles. The van der Waals surface area contributed by atoms with Gasteiger partial charge in [0, 0.05) is 44.7 Å². The first-order valence-electron chi connectivity index (χ1n) is 7.51. The third-order valence-electron chi connectivity index (χ3n) is 3.89. The Morgan fingerprint density at radius 2 is 2.19 bits per heavy atom. The fourth-order valence-electron chi connectivity index (χ4n) is 2.49. The van der Waals surface area contributed by atoms with Gasteiger partial charge in [-0.2, -0.15) is 0 Å². The van der Waals surface area contributed by atoms with Crippen molar-refractivity contribution in [3.05, 3.63) is 17.5 Å². The van der Waals surface area contributed by atoms with Crippen molar-refractivity contribution in [1.29, 1.82) is 0 Å². The Labute approximate surface area is 131 Å². The van der Waals surface area contributed by atoms with E-state index in [0.717, 1.165) is 57.7 Å². The Balaban J connectivity index is 0.00000161. The monoisotopic (exact) mass is 314 g/mol. The number of aromatic nitrogens is 1. The second-order valence-corrected chi connectivity index (χ2v) is 5.59. The van der Waals surface area contributed by atoms with E-state index in [0.29, 0.717) is 18.2 Å². The molecule has 6 nitrogen and oxygen atoms in total. The molecule has 1 amide bonds. The minimum atomic E-state index is -0.124. The summed E-state index contributed by atoms with van der Waals surface area (Å²) in [5.41, 5.74) is 0.411. The lowest BCUT2D eigenvalue weighted by molar-refractivity contribution is 0.0942. The second-order valence-electron chi connectivity index (χ2n) is 5.59. The predicted octanol–water partition coefficient (Wildman–Crippen LogP) is 0.999. The van der Waals surface area contributed by atoms with E-state index in [1.54, 1.807) is 6.07 Å². The summed E-state index contributed by atoms with van der Waals surface area (Å²) >= 11 is 0. The minimum Gasteiger partial charge on any atom is -0.360 e. The first-order valence-corrected chi connectivity index (χ1v) is 7.51. The van der Waals surface area contributed by atoms with Gasteiger partial charge < -0.3 is 20.1 Å². The molecule has 0 aromatic carbocycles. The summed E-state index contributed by atoms with van der Waals surface area (Å²) in [5.74, 6) is 1.23. The fraction of sp³-hybridized carbons (Fsp3) is 0.714. The van der Waals surface area contributed by atoms with Gasteiger partial charge in [0.1, 0.15) is 5.76 Å². The van der Waals surface area contributed by atoms with Crippen molar-refractivity contribution in [3.8, 4) is 0 Å². The van der Waals surface area contributed by atoms with Crippen molar-refractivity contribution in [1.82, 2.24) is 20.7 Å². The van der Waals surface area contributed by atoms with Crippen LogP contribution >= 0.6 is 12.4 Å². The number of hydrogen-bond acceptors (Lipinski definition) is 5. The maximum absolute atomic E-state index is 11.9. The summed E-state index contributed by atoms with van der Waals surface area (Å²) < 4.78 is 5.19. The van der Waals surface area contributed by atoms with E-state index in [1.807, 2.05) is 0 Å². The van der Waals surface area contributed by atoms with Gasteiger partial charge in [-0.1, -0.05) is 5.16 Å². The van der Waals surface area contributed by atoms with Crippen molar-refractivity contribution in [3.63, 3.8) is 0 Å². The van der Waals surface area contributed by atoms with Crippen LogP contribution in [0.5, 0.6) is 0 Å². The zero-order valence-corrected chi connectivity index (χ0v) is 13.0. The predicted molar refractivity (Wildman–Crippen MR) is 82.0 cm³/mol. The van der Waals surface area contributed by atoms with Crippen LogP contribution in [-0.2, 0) is 0 Å². The summed E-state index contributed by atoms with van der Waals surface area (Å²) in [5, 5.41) is 10.1. The molecule has 7 heteroatoms. The van der Waals surface area contributed by atoms with E-state index in [4.69, 9.17) is 4.52 Å². The van der Waals surface area contributed by atoms with Crippen LogP contribution in [0.4, 0.5) is 0 Å². The maximum atomic E-state index is 11.9. The summed E-state index contributed by atoms with van der Waals surface area (Å²) in [7, 11) is 0. The zero-order valence-electron chi connectivity index (χ0n) is 12.1. The maximum Gasteiger partial charge on any atom is 0.273 e. The third kappa shape index (κ3) is 4.69. The molecule has 1 aromatic rings. The standard InChI is InChI=1S/C14H22N4O2.ClH/c19-14(12-10-13(20-17-12)11-2-3-11)16-4-1-7-18-8-5-15-6-9-18;/h10-11,15H,1-9H2,(H,16,19);1H. The topological polar surface area (TPSA) is 70.4 Å². The number of carbonyl (C=O) groups is 1. The number of amides is 1. The van der Waals surface area contributed by atoms with Gasteiger partial charge in [0.15, 0.2) is 5.69 Å². The average Bonchev–Trinajstić information content (AvgIpc) is 3.22. The van der Waals surface area contributed by atoms with Gasteiger partial charge in [0.2, 0.25) is 0 Å². The molecule has 0 radical (unpaired) electrons. The SMILES string of the molecule is Cl.O=C(NCCCN1CCNCC1)c1cc(C2CC2)on1. The molecule has 1 saturated carbocycles. The molecule has 0 atom stereocenters. The first kappa shape index (κ1) is 16.3. The Morgan fingerprint density at radius 1 is 1.43 bits per heavy atom. The molecule has 1 saturated heterocycles. The van der Waals surface area contributed by atoms with Crippen LogP contribution in [0.15, 0.2) is 10.6 Å². The molecule has 2 N–H and O–H groups in total. The number of rotatable bonds is 6. The smallest absolute Gasteiger partial charge is 0.273 e. The first-order chi connectivity index (χ1) is 9.83. The Morgan fingerprint density at radius 3 is 2.90 bits per heavy atom. The highest BCUT2D eigenvalue weighted by Crippen LogP contribution is 2.40. The molecule has 2 heterocycles. The molecule has 0 spiro atoms. The largest absolute Gasteiger partial charge is 0.360 e. The van der Waals surface area contributed by atoms with E-state index in [1.165, 1.54) is 0 Å². The van der Waals surface area contributed by atoms with Crippen molar-refractivity contribution < 1.29 is 9.32 Å². The van der Waals surface area contributed by atoms with Crippen LogP contribution in [0, 0.1) is 0 Å². The van der Waals surface area contributed by atoms with E-state index < -0.39 is 0 Å². The number of nitrogens with zero attached hydrogens (tertiary/aromatic N) is 2. The molecule has 3 rings (SSSR count). The Kier molecular flexibility index (Phi) is 6.02. The minimum absolute atomic E-state index is 0. The van der Waals surface area contributed by atoms with Gasteiger partial charge >= 0.3 is 0 Å². The van der Waals surface area contributed by atoms with Crippen molar-refractivity contribution >= 4 is 18.3 Å². The van der Waals surface area contributed by atoms with E-state index in [9.17, 15) is 4.79 Å². The number of halogens is 1. The average molecular weight is 315 g/mol. The quantitative estimate of drug-likeness (QED) is 0.767. The normalized spacial score (nSPS) is 19.0. The Hall–Kier alpha value is -1.11. The van der Waals surface area contributed by atoms with Gasteiger partial charge in [-0.15, -0.1) is 12.4 Å². The van der Waals surface area contributed by atoms with E-state index >= 15 is 0 Å². The summed E-state index contributed by atoms with van der Waals surface area (Å²) in [6.07, 6.45) is 3.28. The highest BCUT2D eigenvalue weighted by molar-refractivity contribution is 5.92. The van der Waals surface area contributed by atoms with E-state index in [-0.39, 0.29) is 18.3 Å². The lowest BCUT2D eigenvalue weighted by atomic mass is 10.2. The van der Waals surface area contributed by atoms with Crippen LogP contribution < -0.4 is 10.6 Å². The lowest BCUT2D eigenvalue weighted by Gasteiger charge is -2.26. The summed E-state index contributed by atoms with van der Waals surface area (Å²) in [4.78, 5) is 14.3. The van der Waals surface area contributed by atoms with E-state index in [2.05, 4.69) is 20.7 Å². The zero-order chi connectivity index (χ0) is 13.8. The molecule has 1 aliphatic carbocycles. The number of hydrogen-bond donors (Lipinski definition) is 2. The van der Waals surface area contributed by atoms with Crippen molar-refractivity contribution in [2.45, 2.75) is 25.2 Å². The fourth-order valence-corrected chi connectivity index (χ4v) is 2.49. The van der Waals surface area contributed by atoms with Crippen LogP contribution in [0.25, 0.3) is 0 Å². The molecule has 118 valence electrons. The Bertz CT molecular complexity index is 456. The molecule has 2 fully saturated rings. The van der Waals surface area contributed by atoms with Crippen molar-refractivity contribution in [2.75, 3.05) is 39.3 Å². The highest BCUT2D eigenvalue weighted by Gasteiger charge is 2.28. The van der Waals surface area contributed by atoms with Crippen LogP contribution in [0.3, 0.4) is 0 Å². The third-order valence-corrected chi connectivity index (χ3v) is 3.89. The van der Waals surface area contributed by atoms with Crippen LogP contribution in [0.2, 0.25) is 0 Å². The van der Waals surface area contributed by atoms with Crippen LogP contribution in [-0.4, -0.2) is 55.2 Å². The van der Waals surface area contributed by atoms with Gasteiger partial charge in [0.05, 0.1) is 0 Å². The molecule has 0 bridgehead atoms. The number of carbonyl (C=O) groups excluding carboxylic acids is 1. The molecule has 21 heavy (non-hydrogen) atoms. The number of piperazine rings is 1. The van der Waals surface area contributed by atoms with Gasteiger partial charge in [-0.25, -0.2) is 0 Å².